The van der Waals surface area contributed by atoms with Crippen LogP contribution in [0.3, 0.4) is 0 Å². The lowest BCUT2D eigenvalue weighted by Gasteiger charge is -2.18. The lowest BCUT2D eigenvalue weighted by atomic mass is 10.2. The third kappa shape index (κ3) is 4.65. The Labute approximate surface area is 141 Å². The van der Waals surface area contributed by atoms with Crippen LogP contribution in [0.2, 0.25) is 0 Å². The smallest absolute Gasteiger partial charge is 0.323 e. The zero-order valence-electron chi connectivity index (χ0n) is 13.0. The molecule has 2 aromatic rings. The van der Waals surface area contributed by atoms with Gasteiger partial charge < -0.3 is 14.7 Å². The molecule has 2 N–H and O–H groups in total. The molecule has 2 amide bonds. The molecule has 1 atom stereocenters. The molecule has 0 unspecified atom stereocenters. The number of ether oxygens (including phenoxy) is 1. The Balaban J connectivity index is 2.01. The minimum absolute atomic E-state index is 0.120. The number of carbonyl (C=O) groups excluding carboxylic acids is 1. The number of aliphatic hydroxyl groups excluding tert-OH is 1. The van der Waals surface area contributed by atoms with Gasteiger partial charge in [0, 0.05) is 19.7 Å². The van der Waals surface area contributed by atoms with E-state index in [1.54, 1.807) is 20.0 Å². The average Bonchev–Trinajstić information content (AvgIpc) is 2.95. The number of halogens is 1. The first kappa shape index (κ1) is 17.7. The van der Waals surface area contributed by atoms with E-state index in [2.05, 4.69) is 10.3 Å². The van der Waals surface area contributed by atoms with E-state index in [0.29, 0.717) is 15.9 Å². The highest BCUT2D eigenvalue weighted by Gasteiger charge is 2.14. The maximum Gasteiger partial charge on any atom is 0.323 e. The molecule has 7 nitrogen and oxygen atoms in total. The molecule has 24 heavy (non-hydrogen) atoms. The third-order valence-electron chi connectivity index (χ3n) is 2.86. The van der Waals surface area contributed by atoms with Crippen LogP contribution in [0.15, 0.2) is 24.4 Å². The Morgan fingerprint density at radius 1 is 1.62 bits per heavy atom. The van der Waals surface area contributed by atoms with Crippen LogP contribution in [-0.2, 0) is 0 Å². The summed E-state index contributed by atoms with van der Waals surface area (Å²) in [6.07, 6.45) is 0.772. The second-order valence-electron chi connectivity index (χ2n) is 5.00. The highest BCUT2D eigenvalue weighted by molar-refractivity contribution is 7.17. The van der Waals surface area contributed by atoms with Gasteiger partial charge in [0.25, 0.3) is 0 Å². The van der Waals surface area contributed by atoms with Crippen LogP contribution in [0.5, 0.6) is 10.8 Å². The number of nitrogens with one attached hydrogen (secondary N) is 1. The molecular formula is C15H15FN4O3S. The van der Waals surface area contributed by atoms with Gasteiger partial charge >= 0.3 is 6.03 Å². The molecule has 2 rings (SSSR count). The van der Waals surface area contributed by atoms with E-state index in [9.17, 15) is 14.3 Å². The standard InChI is InChI=1S/C15H15FN4O3S/c1-9(21)8-20(2)15(22)19-14-18-7-13(24-14)23-11-3-4-12(16)10(5-11)6-17/h3-5,7,9,21H,8H2,1-2H3,(H,18,19,22)/t9-/m0/s1. The Hall–Kier alpha value is -2.70. The number of hydrogen-bond donors (Lipinski definition) is 2. The molecule has 0 aliphatic heterocycles. The normalized spacial score (nSPS) is 11.5. The number of aromatic nitrogens is 1. The molecular weight excluding hydrogens is 335 g/mol. The van der Waals surface area contributed by atoms with Crippen molar-refractivity contribution in [3.8, 4) is 16.9 Å². The fourth-order valence-electron chi connectivity index (χ4n) is 1.80. The van der Waals surface area contributed by atoms with Crippen LogP contribution in [0.1, 0.15) is 12.5 Å². The van der Waals surface area contributed by atoms with Gasteiger partial charge in [-0.25, -0.2) is 14.2 Å². The Morgan fingerprint density at radius 3 is 3.04 bits per heavy atom. The van der Waals surface area contributed by atoms with E-state index in [4.69, 9.17) is 10.00 Å². The number of carbonyl (C=O) groups is 1. The molecule has 0 saturated carbocycles. The summed E-state index contributed by atoms with van der Waals surface area (Å²) in [5, 5.41) is 21.3. The monoisotopic (exact) mass is 350 g/mol. The molecule has 0 saturated heterocycles. The van der Waals surface area contributed by atoms with E-state index in [1.165, 1.54) is 23.2 Å². The van der Waals surface area contributed by atoms with Crippen molar-refractivity contribution in [2.24, 2.45) is 0 Å². The maximum atomic E-state index is 13.3. The first-order valence-electron chi connectivity index (χ1n) is 6.92. The summed E-state index contributed by atoms with van der Waals surface area (Å²) in [5.74, 6) is -0.330. The molecule has 0 fully saturated rings. The summed E-state index contributed by atoms with van der Waals surface area (Å²) in [5.41, 5.74) is -0.120. The Bertz CT molecular complexity index is 772. The third-order valence-corrected chi connectivity index (χ3v) is 3.65. The molecule has 0 aliphatic rings. The van der Waals surface area contributed by atoms with Crippen molar-refractivity contribution in [3.63, 3.8) is 0 Å². The molecule has 0 aliphatic carbocycles. The number of likely N-dealkylation sites (N-methyl/N-ethyl adjacent to an activating group) is 1. The molecule has 1 heterocycles. The van der Waals surface area contributed by atoms with Gasteiger partial charge in [-0.3, -0.25) is 5.32 Å². The SMILES string of the molecule is C[C@H](O)CN(C)C(=O)Nc1ncc(Oc2ccc(F)c(C#N)c2)s1. The van der Waals surface area contributed by atoms with Crippen LogP contribution in [0, 0.1) is 17.1 Å². The first-order chi connectivity index (χ1) is 11.4. The lowest BCUT2D eigenvalue weighted by molar-refractivity contribution is 0.149. The largest absolute Gasteiger partial charge is 0.445 e. The molecule has 0 radical (unpaired) electrons. The quantitative estimate of drug-likeness (QED) is 0.864. The van der Waals surface area contributed by atoms with Crippen molar-refractivity contribution in [2.45, 2.75) is 13.0 Å². The number of nitrogens with zero attached hydrogens (tertiary/aromatic N) is 3. The lowest BCUT2D eigenvalue weighted by Crippen LogP contribution is -2.36. The summed E-state index contributed by atoms with van der Waals surface area (Å²) >= 11 is 1.08. The van der Waals surface area contributed by atoms with Crippen LogP contribution < -0.4 is 10.1 Å². The number of anilines is 1. The highest BCUT2D eigenvalue weighted by Crippen LogP contribution is 2.31. The van der Waals surface area contributed by atoms with Crippen molar-refractivity contribution in [1.29, 1.82) is 5.26 Å². The van der Waals surface area contributed by atoms with Crippen LogP contribution in [0.25, 0.3) is 0 Å². The van der Waals surface area contributed by atoms with Gasteiger partial charge in [0.15, 0.2) is 5.13 Å². The second kappa shape index (κ2) is 7.72. The Morgan fingerprint density at radius 2 is 2.38 bits per heavy atom. The summed E-state index contributed by atoms with van der Waals surface area (Å²) in [6, 6.07) is 5.14. The van der Waals surface area contributed by atoms with E-state index >= 15 is 0 Å². The van der Waals surface area contributed by atoms with Crippen molar-refractivity contribution >= 4 is 22.5 Å². The molecule has 0 bridgehead atoms. The van der Waals surface area contributed by atoms with Gasteiger partial charge in [-0.05, 0) is 19.1 Å². The predicted octanol–water partition coefficient (Wildman–Crippen LogP) is 2.79. The van der Waals surface area contributed by atoms with E-state index in [-0.39, 0.29) is 12.1 Å². The maximum absolute atomic E-state index is 13.3. The van der Waals surface area contributed by atoms with Gasteiger partial charge in [0.1, 0.15) is 17.6 Å². The van der Waals surface area contributed by atoms with Crippen molar-refractivity contribution in [1.82, 2.24) is 9.88 Å². The summed E-state index contributed by atoms with van der Waals surface area (Å²) in [6.45, 7) is 1.77. The summed E-state index contributed by atoms with van der Waals surface area (Å²) in [7, 11) is 1.55. The van der Waals surface area contributed by atoms with Crippen molar-refractivity contribution in [2.75, 3.05) is 18.9 Å². The van der Waals surface area contributed by atoms with Crippen molar-refractivity contribution < 1.29 is 19.0 Å². The van der Waals surface area contributed by atoms with Gasteiger partial charge in [0.05, 0.1) is 17.9 Å². The van der Waals surface area contributed by atoms with Crippen LogP contribution in [0.4, 0.5) is 14.3 Å². The Kier molecular flexibility index (Phi) is 5.68. The minimum atomic E-state index is -0.635. The molecule has 1 aromatic heterocycles. The number of aliphatic hydroxyl groups is 1. The number of urea groups is 1. The van der Waals surface area contributed by atoms with Crippen LogP contribution in [-0.4, -0.2) is 40.7 Å². The summed E-state index contributed by atoms with van der Waals surface area (Å²) < 4.78 is 18.8. The topological polar surface area (TPSA) is 98.5 Å². The van der Waals surface area contributed by atoms with Crippen molar-refractivity contribution in [3.05, 3.63) is 35.8 Å². The molecule has 126 valence electrons. The van der Waals surface area contributed by atoms with E-state index in [1.807, 2.05) is 0 Å². The fourth-order valence-corrected chi connectivity index (χ4v) is 2.48. The fraction of sp³-hybridized carbons (Fsp3) is 0.267. The van der Waals surface area contributed by atoms with Gasteiger partial charge in [-0.15, -0.1) is 0 Å². The zero-order valence-corrected chi connectivity index (χ0v) is 13.8. The molecule has 9 heteroatoms. The average molecular weight is 350 g/mol. The number of rotatable bonds is 5. The molecule has 0 spiro atoms. The number of benzene rings is 1. The van der Waals surface area contributed by atoms with E-state index in [0.717, 1.165) is 17.4 Å². The zero-order chi connectivity index (χ0) is 17.7. The highest BCUT2D eigenvalue weighted by atomic mass is 32.1. The van der Waals surface area contributed by atoms with Gasteiger partial charge in [-0.2, -0.15) is 5.26 Å². The minimum Gasteiger partial charge on any atom is -0.445 e. The number of nitriles is 1. The second-order valence-corrected chi connectivity index (χ2v) is 5.99. The molecule has 1 aromatic carbocycles. The summed E-state index contributed by atoms with van der Waals surface area (Å²) in [4.78, 5) is 17.2. The van der Waals surface area contributed by atoms with Crippen LogP contribution >= 0.6 is 11.3 Å². The first-order valence-corrected chi connectivity index (χ1v) is 7.74. The van der Waals surface area contributed by atoms with Gasteiger partial charge in [-0.1, -0.05) is 11.3 Å². The number of amides is 2. The number of thiazole rings is 1. The van der Waals surface area contributed by atoms with Gasteiger partial charge in [0.2, 0.25) is 5.06 Å². The number of hydrogen-bond acceptors (Lipinski definition) is 6. The van der Waals surface area contributed by atoms with E-state index < -0.39 is 18.0 Å². The predicted molar refractivity (Wildman–Crippen MR) is 86.6 cm³/mol.